The van der Waals surface area contributed by atoms with Gasteiger partial charge in [-0.15, -0.1) is 0 Å². The number of aryl methyl sites for hydroxylation is 2. The molecule has 0 fully saturated rings. The van der Waals surface area contributed by atoms with Crippen LogP contribution in [0.4, 0.5) is 0 Å². The molecular formula is C19H22N4. The third kappa shape index (κ3) is 3.66. The van der Waals surface area contributed by atoms with Crippen molar-refractivity contribution in [3.63, 3.8) is 0 Å². The summed E-state index contributed by atoms with van der Waals surface area (Å²) in [7, 11) is 1.96. The molecule has 0 aliphatic rings. The molecule has 1 aromatic carbocycles. The highest BCUT2D eigenvalue weighted by Gasteiger charge is 2.08. The highest BCUT2D eigenvalue weighted by Crippen LogP contribution is 2.19. The van der Waals surface area contributed by atoms with Crippen LogP contribution < -0.4 is 5.32 Å². The van der Waals surface area contributed by atoms with Crippen molar-refractivity contribution in [2.75, 3.05) is 0 Å². The van der Waals surface area contributed by atoms with Crippen LogP contribution in [-0.2, 0) is 13.6 Å². The minimum absolute atomic E-state index is 0.183. The van der Waals surface area contributed by atoms with Crippen LogP contribution >= 0.6 is 0 Å². The minimum Gasteiger partial charge on any atom is -0.303 e. The van der Waals surface area contributed by atoms with Crippen LogP contribution in [0.3, 0.4) is 0 Å². The van der Waals surface area contributed by atoms with E-state index in [1.165, 1.54) is 11.3 Å². The second kappa shape index (κ2) is 6.75. The van der Waals surface area contributed by atoms with Crippen LogP contribution in [0, 0.1) is 6.92 Å². The quantitative estimate of drug-likeness (QED) is 0.782. The standard InChI is InChI=1S/C19H22N4/c1-14-11-18(22-23(14)3)13-20-15(2)19-10-9-17(12-21-19)16-7-5-4-6-8-16/h4-12,15,20H,13H2,1-3H3. The first kappa shape index (κ1) is 15.4. The van der Waals surface area contributed by atoms with Gasteiger partial charge in [0, 0.05) is 37.1 Å². The van der Waals surface area contributed by atoms with Crippen molar-refractivity contribution in [3.8, 4) is 11.1 Å². The van der Waals surface area contributed by atoms with Gasteiger partial charge >= 0.3 is 0 Å². The van der Waals surface area contributed by atoms with Crippen molar-refractivity contribution < 1.29 is 0 Å². The van der Waals surface area contributed by atoms with Gasteiger partial charge in [0.1, 0.15) is 0 Å². The molecule has 1 atom stereocenters. The normalized spacial score (nSPS) is 12.3. The summed E-state index contributed by atoms with van der Waals surface area (Å²) in [6.45, 7) is 4.93. The molecule has 2 aromatic heterocycles. The molecule has 118 valence electrons. The summed E-state index contributed by atoms with van der Waals surface area (Å²) in [6.07, 6.45) is 1.94. The number of hydrogen-bond donors (Lipinski definition) is 1. The first-order valence-corrected chi connectivity index (χ1v) is 7.88. The summed E-state index contributed by atoms with van der Waals surface area (Å²) < 4.78 is 1.90. The van der Waals surface area contributed by atoms with Crippen LogP contribution in [0.2, 0.25) is 0 Å². The SMILES string of the molecule is Cc1cc(CNC(C)c2ccc(-c3ccccc3)cn2)nn1C. The number of rotatable bonds is 5. The fourth-order valence-electron chi connectivity index (χ4n) is 2.55. The number of hydrogen-bond acceptors (Lipinski definition) is 3. The highest BCUT2D eigenvalue weighted by molar-refractivity contribution is 5.62. The van der Waals surface area contributed by atoms with Gasteiger partial charge in [0.25, 0.3) is 0 Å². The summed E-state index contributed by atoms with van der Waals surface area (Å²) in [4.78, 5) is 4.60. The first-order valence-electron chi connectivity index (χ1n) is 7.88. The average molecular weight is 306 g/mol. The maximum atomic E-state index is 4.60. The summed E-state index contributed by atoms with van der Waals surface area (Å²) in [5.74, 6) is 0. The van der Waals surface area contributed by atoms with Gasteiger partial charge in [0.15, 0.2) is 0 Å². The van der Waals surface area contributed by atoms with Gasteiger partial charge < -0.3 is 5.32 Å². The second-order valence-corrected chi connectivity index (χ2v) is 5.84. The Morgan fingerprint density at radius 1 is 1.09 bits per heavy atom. The Morgan fingerprint density at radius 2 is 1.87 bits per heavy atom. The lowest BCUT2D eigenvalue weighted by Gasteiger charge is -2.13. The molecular weight excluding hydrogens is 284 g/mol. The molecule has 1 unspecified atom stereocenters. The van der Waals surface area contributed by atoms with Crippen molar-refractivity contribution in [1.82, 2.24) is 20.1 Å². The van der Waals surface area contributed by atoms with E-state index in [0.717, 1.165) is 23.5 Å². The van der Waals surface area contributed by atoms with Crippen LogP contribution in [0.15, 0.2) is 54.7 Å². The Balaban J connectivity index is 1.64. The summed E-state index contributed by atoms with van der Waals surface area (Å²) in [5, 5.41) is 7.94. The van der Waals surface area contributed by atoms with Gasteiger partial charge in [-0.3, -0.25) is 9.67 Å². The Kier molecular flexibility index (Phi) is 4.53. The van der Waals surface area contributed by atoms with E-state index in [1.807, 2.05) is 36.1 Å². The highest BCUT2D eigenvalue weighted by atomic mass is 15.3. The minimum atomic E-state index is 0.183. The second-order valence-electron chi connectivity index (χ2n) is 5.84. The molecule has 0 aliphatic carbocycles. The van der Waals surface area contributed by atoms with Crippen molar-refractivity contribution in [2.45, 2.75) is 26.4 Å². The van der Waals surface area contributed by atoms with Crippen LogP contribution in [-0.4, -0.2) is 14.8 Å². The number of benzene rings is 1. The number of nitrogens with one attached hydrogen (secondary N) is 1. The number of aromatic nitrogens is 3. The molecule has 4 nitrogen and oxygen atoms in total. The molecule has 0 amide bonds. The average Bonchev–Trinajstić information content (AvgIpc) is 2.92. The van der Waals surface area contributed by atoms with E-state index < -0.39 is 0 Å². The smallest absolute Gasteiger partial charge is 0.0765 e. The zero-order valence-electron chi connectivity index (χ0n) is 13.8. The Bertz CT molecular complexity index is 740. The van der Waals surface area contributed by atoms with Crippen molar-refractivity contribution in [1.29, 1.82) is 0 Å². The van der Waals surface area contributed by atoms with Crippen LogP contribution in [0.25, 0.3) is 11.1 Å². The Labute approximate surface area is 137 Å². The molecule has 0 radical (unpaired) electrons. The maximum Gasteiger partial charge on any atom is 0.0765 e. The fourth-order valence-corrected chi connectivity index (χ4v) is 2.55. The first-order chi connectivity index (χ1) is 11.1. The molecule has 0 bridgehead atoms. The molecule has 23 heavy (non-hydrogen) atoms. The zero-order chi connectivity index (χ0) is 16.2. The summed E-state index contributed by atoms with van der Waals surface area (Å²) in [5.41, 5.74) is 5.59. The summed E-state index contributed by atoms with van der Waals surface area (Å²) >= 11 is 0. The van der Waals surface area contributed by atoms with E-state index in [-0.39, 0.29) is 6.04 Å². The third-order valence-corrected chi connectivity index (χ3v) is 4.09. The van der Waals surface area contributed by atoms with Gasteiger partial charge in [-0.2, -0.15) is 5.10 Å². The van der Waals surface area contributed by atoms with Crippen molar-refractivity contribution in [3.05, 3.63) is 71.8 Å². The van der Waals surface area contributed by atoms with Crippen LogP contribution in [0.5, 0.6) is 0 Å². The van der Waals surface area contributed by atoms with Crippen molar-refractivity contribution >= 4 is 0 Å². The van der Waals surface area contributed by atoms with Gasteiger partial charge in [-0.1, -0.05) is 36.4 Å². The van der Waals surface area contributed by atoms with Gasteiger partial charge in [0.2, 0.25) is 0 Å². The van der Waals surface area contributed by atoms with E-state index in [9.17, 15) is 0 Å². The molecule has 1 N–H and O–H groups in total. The number of pyridine rings is 1. The molecule has 0 spiro atoms. The number of nitrogens with zero attached hydrogens (tertiary/aromatic N) is 3. The van der Waals surface area contributed by atoms with Gasteiger partial charge in [0.05, 0.1) is 11.4 Å². The van der Waals surface area contributed by atoms with Gasteiger partial charge in [-0.05, 0) is 31.5 Å². The van der Waals surface area contributed by atoms with E-state index in [0.29, 0.717) is 0 Å². The molecule has 4 heteroatoms. The maximum absolute atomic E-state index is 4.60. The molecule has 0 saturated heterocycles. The fraction of sp³-hybridized carbons (Fsp3) is 0.263. The summed E-state index contributed by atoms with van der Waals surface area (Å²) in [6, 6.07) is 16.8. The lowest BCUT2D eigenvalue weighted by Crippen LogP contribution is -2.19. The van der Waals surface area contributed by atoms with Gasteiger partial charge in [-0.25, -0.2) is 0 Å². The topological polar surface area (TPSA) is 42.7 Å². The Morgan fingerprint density at radius 3 is 2.48 bits per heavy atom. The van der Waals surface area contributed by atoms with Crippen LogP contribution in [0.1, 0.15) is 30.0 Å². The predicted molar refractivity (Wildman–Crippen MR) is 92.9 cm³/mol. The molecule has 2 heterocycles. The largest absolute Gasteiger partial charge is 0.303 e. The molecule has 0 aliphatic heterocycles. The monoisotopic (exact) mass is 306 g/mol. The lowest BCUT2D eigenvalue weighted by atomic mass is 10.1. The molecule has 3 rings (SSSR count). The van der Waals surface area contributed by atoms with E-state index >= 15 is 0 Å². The lowest BCUT2D eigenvalue weighted by molar-refractivity contribution is 0.550. The van der Waals surface area contributed by atoms with E-state index in [2.05, 4.69) is 59.6 Å². The predicted octanol–water partition coefficient (Wildman–Crippen LogP) is 3.64. The zero-order valence-corrected chi connectivity index (χ0v) is 13.8. The molecule has 0 saturated carbocycles. The van der Waals surface area contributed by atoms with Crippen molar-refractivity contribution in [2.24, 2.45) is 7.05 Å². The van der Waals surface area contributed by atoms with E-state index in [4.69, 9.17) is 0 Å². The third-order valence-electron chi connectivity index (χ3n) is 4.09. The van der Waals surface area contributed by atoms with E-state index in [1.54, 1.807) is 0 Å². The Hall–Kier alpha value is -2.46. The molecule has 3 aromatic rings.